The first kappa shape index (κ1) is 17.7. The lowest BCUT2D eigenvalue weighted by atomic mass is 10.1. The largest absolute Gasteiger partial charge is 0.454 e. The zero-order valence-electron chi connectivity index (χ0n) is 16.0. The number of nitrogens with zero attached hydrogens (tertiary/aromatic N) is 4. The van der Waals surface area contributed by atoms with Crippen molar-refractivity contribution in [3.63, 3.8) is 0 Å². The van der Waals surface area contributed by atoms with Gasteiger partial charge in [-0.05, 0) is 36.2 Å². The minimum Gasteiger partial charge on any atom is -0.454 e. The fraction of sp³-hybridized carbons (Fsp3) is 0.474. The van der Waals surface area contributed by atoms with Gasteiger partial charge in [0, 0.05) is 33.7 Å². The van der Waals surface area contributed by atoms with Crippen LogP contribution >= 0.6 is 0 Å². The number of nitrogens with one attached hydrogen (secondary N) is 1. The van der Waals surface area contributed by atoms with Gasteiger partial charge >= 0.3 is 6.03 Å². The van der Waals surface area contributed by atoms with E-state index in [4.69, 9.17) is 9.47 Å². The third kappa shape index (κ3) is 3.71. The van der Waals surface area contributed by atoms with Gasteiger partial charge < -0.3 is 19.7 Å². The zero-order chi connectivity index (χ0) is 19.0. The Morgan fingerprint density at radius 3 is 2.78 bits per heavy atom. The molecule has 0 atom stereocenters. The van der Waals surface area contributed by atoms with E-state index < -0.39 is 0 Å². The van der Waals surface area contributed by atoms with E-state index in [0.29, 0.717) is 13.3 Å². The summed E-state index contributed by atoms with van der Waals surface area (Å²) >= 11 is 0. The lowest BCUT2D eigenvalue weighted by Crippen LogP contribution is -2.34. The standard InChI is InChI=1S/C19H25N5O3/c1-13-6-17-18(27-12-26-17)7-14(13)10-23-4-5-24-16(11-23)8-15(21-24)9-20-19(25)22(2)3/h6-8H,4-5,9-12H2,1-3H3,(H,20,25). The number of fused-ring (bicyclic) bond motifs is 2. The Balaban J connectivity index is 1.41. The maximum absolute atomic E-state index is 11.7. The van der Waals surface area contributed by atoms with Gasteiger partial charge in [-0.1, -0.05) is 0 Å². The molecule has 27 heavy (non-hydrogen) atoms. The minimum absolute atomic E-state index is 0.110. The van der Waals surface area contributed by atoms with E-state index in [-0.39, 0.29) is 6.03 Å². The number of hydrogen-bond acceptors (Lipinski definition) is 5. The Hall–Kier alpha value is -2.74. The van der Waals surface area contributed by atoms with Crippen LogP contribution in [-0.4, -0.2) is 53.0 Å². The van der Waals surface area contributed by atoms with Gasteiger partial charge in [0.15, 0.2) is 11.5 Å². The summed E-state index contributed by atoms with van der Waals surface area (Å²) in [7, 11) is 3.45. The number of carbonyl (C=O) groups is 1. The molecule has 0 fully saturated rings. The maximum Gasteiger partial charge on any atom is 0.317 e. The molecule has 0 spiro atoms. The number of carbonyl (C=O) groups excluding carboxylic acids is 1. The van der Waals surface area contributed by atoms with Crippen molar-refractivity contribution in [3.05, 3.63) is 40.7 Å². The molecule has 0 saturated carbocycles. The molecule has 1 aromatic carbocycles. The molecule has 8 nitrogen and oxygen atoms in total. The van der Waals surface area contributed by atoms with Crippen LogP contribution in [0.2, 0.25) is 0 Å². The predicted octanol–water partition coefficient (Wildman–Crippen LogP) is 1.71. The number of urea groups is 1. The second kappa shape index (κ2) is 7.11. The Bertz CT molecular complexity index is 861. The molecule has 144 valence electrons. The highest BCUT2D eigenvalue weighted by atomic mass is 16.7. The van der Waals surface area contributed by atoms with Gasteiger partial charge in [0.25, 0.3) is 0 Å². The van der Waals surface area contributed by atoms with Crippen LogP contribution in [-0.2, 0) is 26.2 Å². The summed E-state index contributed by atoms with van der Waals surface area (Å²) in [4.78, 5) is 15.6. The van der Waals surface area contributed by atoms with Crippen molar-refractivity contribution in [1.82, 2.24) is 24.9 Å². The summed E-state index contributed by atoms with van der Waals surface area (Å²) in [5, 5.41) is 7.47. The van der Waals surface area contributed by atoms with E-state index in [0.717, 1.165) is 43.4 Å². The van der Waals surface area contributed by atoms with Gasteiger partial charge in [0.05, 0.1) is 24.5 Å². The Kier molecular flexibility index (Phi) is 4.65. The number of amides is 2. The van der Waals surface area contributed by atoms with Crippen LogP contribution in [0.25, 0.3) is 0 Å². The van der Waals surface area contributed by atoms with Gasteiger partial charge in [-0.25, -0.2) is 4.79 Å². The number of ether oxygens (including phenoxy) is 2. The first-order valence-electron chi connectivity index (χ1n) is 9.12. The van der Waals surface area contributed by atoms with Crippen molar-refractivity contribution in [2.45, 2.75) is 33.1 Å². The number of aromatic nitrogens is 2. The third-order valence-corrected chi connectivity index (χ3v) is 4.98. The molecule has 0 aliphatic carbocycles. The van der Waals surface area contributed by atoms with Gasteiger partial charge in [-0.3, -0.25) is 9.58 Å². The number of hydrogen-bond donors (Lipinski definition) is 1. The summed E-state index contributed by atoms with van der Waals surface area (Å²) in [6.07, 6.45) is 0. The number of rotatable bonds is 4. The topological polar surface area (TPSA) is 71.9 Å². The number of benzene rings is 1. The molecule has 8 heteroatoms. The van der Waals surface area contributed by atoms with Crippen LogP contribution in [0.1, 0.15) is 22.5 Å². The van der Waals surface area contributed by atoms with Crippen LogP contribution in [0.3, 0.4) is 0 Å². The molecule has 0 saturated heterocycles. The molecule has 1 N–H and O–H groups in total. The summed E-state index contributed by atoms with van der Waals surface area (Å²) in [6, 6.07) is 6.11. The van der Waals surface area contributed by atoms with Crippen molar-refractivity contribution in [1.29, 1.82) is 0 Å². The van der Waals surface area contributed by atoms with Crippen molar-refractivity contribution >= 4 is 6.03 Å². The highest BCUT2D eigenvalue weighted by molar-refractivity contribution is 5.73. The molecule has 2 aromatic rings. The van der Waals surface area contributed by atoms with E-state index in [1.807, 2.05) is 4.68 Å². The van der Waals surface area contributed by atoms with Crippen LogP contribution in [0.5, 0.6) is 11.5 Å². The first-order chi connectivity index (χ1) is 13.0. The molecule has 4 rings (SSSR count). The van der Waals surface area contributed by atoms with Gasteiger partial charge in [0.2, 0.25) is 6.79 Å². The average molecular weight is 371 g/mol. The molecule has 2 aliphatic heterocycles. The maximum atomic E-state index is 11.7. The third-order valence-electron chi connectivity index (χ3n) is 4.98. The minimum atomic E-state index is -0.110. The molecular weight excluding hydrogens is 346 g/mol. The van der Waals surface area contributed by atoms with Crippen molar-refractivity contribution < 1.29 is 14.3 Å². The Morgan fingerprint density at radius 1 is 1.22 bits per heavy atom. The smallest absolute Gasteiger partial charge is 0.317 e. The first-order valence-corrected chi connectivity index (χ1v) is 9.12. The predicted molar refractivity (Wildman–Crippen MR) is 99.6 cm³/mol. The molecule has 2 amide bonds. The van der Waals surface area contributed by atoms with Crippen molar-refractivity contribution in [3.8, 4) is 11.5 Å². The van der Waals surface area contributed by atoms with Gasteiger partial charge in [-0.2, -0.15) is 5.10 Å². The molecular formula is C19H25N5O3. The molecule has 2 aliphatic rings. The van der Waals surface area contributed by atoms with Crippen molar-refractivity contribution in [2.75, 3.05) is 27.4 Å². The molecule has 3 heterocycles. The average Bonchev–Trinajstić information content (AvgIpc) is 3.25. The monoisotopic (exact) mass is 371 g/mol. The Morgan fingerprint density at radius 2 is 2.00 bits per heavy atom. The van der Waals surface area contributed by atoms with Crippen LogP contribution < -0.4 is 14.8 Å². The molecule has 0 bridgehead atoms. The van der Waals surface area contributed by atoms with Gasteiger partial charge in [0.1, 0.15) is 0 Å². The second-order valence-corrected chi connectivity index (χ2v) is 7.25. The van der Waals surface area contributed by atoms with E-state index in [9.17, 15) is 4.79 Å². The highest BCUT2D eigenvalue weighted by Crippen LogP contribution is 2.35. The van der Waals surface area contributed by atoms with E-state index in [1.54, 1.807) is 14.1 Å². The van der Waals surface area contributed by atoms with Crippen molar-refractivity contribution in [2.24, 2.45) is 0 Å². The van der Waals surface area contributed by atoms with E-state index in [2.05, 4.69) is 40.4 Å². The lowest BCUT2D eigenvalue weighted by molar-refractivity contribution is 0.173. The molecule has 0 unspecified atom stereocenters. The zero-order valence-corrected chi connectivity index (χ0v) is 16.0. The van der Waals surface area contributed by atoms with Gasteiger partial charge in [-0.15, -0.1) is 0 Å². The summed E-state index contributed by atoms with van der Waals surface area (Å²) in [5.74, 6) is 1.66. The summed E-state index contributed by atoms with van der Waals surface area (Å²) < 4.78 is 13.0. The SMILES string of the molecule is Cc1cc2c(cc1CN1CCn3nc(CNC(=O)N(C)C)cc3C1)OCO2. The number of aryl methyl sites for hydroxylation is 1. The Labute approximate surface area is 158 Å². The summed E-state index contributed by atoms with van der Waals surface area (Å²) in [5.41, 5.74) is 4.53. The summed E-state index contributed by atoms with van der Waals surface area (Å²) in [6.45, 7) is 6.33. The van der Waals surface area contributed by atoms with Crippen LogP contribution in [0.4, 0.5) is 4.79 Å². The lowest BCUT2D eigenvalue weighted by Gasteiger charge is -2.28. The van der Waals surface area contributed by atoms with E-state index in [1.165, 1.54) is 21.7 Å². The highest BCUT2D eigenvalue weighted by Gasteiger charge is 2.21. The fourth-order valence-electron chi connectivity index (χ4n) is 3.42. The van der Waals surface area contributed by atoms with Crippen LogP contribution in [0, 0.1) is 6.92 Å². The van der Waals surface area contributed by atoms with Crippen LogP contribution in [0.15, 0.2) is 18.2 Å². The second-order valence-electron chi connectivity index (χ2n) is 7.25. The quantitative estimate of drug-likeness (QED) is 0.886. The molecule has 1 aromatic heterocycles. The fourth-order valence-corrected chi connectivity index (χ4v) is 3.42. The normalized spacial score (nSPS) is 15.5. The molecule has 0 radical (unpaired) electrons. The van der Waals surface area contributed by atoms with E-state index >= 15 is 0 Å².